The Morgan fingerprint density at radius 2 is 2.00 bits per heavy atom. The van der Waals surface area contributed by atoms with Crippen LogP contribution < -0.4 is 14.8 Å². The van der Waals surface area contributed by atoms with Gasteiger partial charge in [0.25, 0.3) is 5.91 Å². The normalized spacial score (nSPS) is 17.1. The van der Waals surface area contributed by atoms with E-state index in [2.05, 4.69) is 10.3 Å². The highest BCUT2D eigenvalue weighted by Gasteiger charge is 2.24. The number of ether oxygens (including phenoxy) is 3. The minimum atomic E-state index is -0.278. The van der Waals surface area contributed by atoms with Crippen molar-refractivity contribution in [2.24, 2.45) is 0 Å². The molecule has 1 atom stereocenters. The van der Waals surface area contributed by atoms with Gasteiger partial charge in [-0.2, -0.15) is 0 Å². The van der Waals surface area contributed by atoms with Gasteiger partial charge < -0.3 is 24.1 Å². The first-order chi connectivity index (χ1) is 14.2. The van der Waals surface area contributed by atoms with Crippen molar-refractivity contribution in [2.45, 2.75) is 19.3 Å². The summed E-state index contributed by atoms with van der Waals surface area (Å²) >= 11 is 0. The zero-order valence-corrected chi connectivity index (χ0v) is 15.4. The molecule has 1 unspecified atom stereocenters. The Balaban J connectivity index is 1.26. The van der Waals surface area contributed by atoms with Crippen LogP contribution >= 0.6 is 0 Å². The number of carbonyl (C=O) groups is 1. The van der Waals surface area contributed by atoms with Gasteiger partial charge in [0, 0.05) is 12.1 Å². The number of rotatable bonds is 4. The van der Waals surface area contributed by atoms with Crippen molar-refractivity contribution in [1.29, 1.82) is 0 Å². The van der Waals surface area contributed by atoms with Gasteiger partial charge in [-0.25, -0.2) is 9.37 Å². The van der Waals surface area contributed by atoms with Gasteiger partial charge in [0.15, 0.2) is 11.5 Å². The molecule has 0 saturated carbocycles. The van der Waals surface area contributed by atoms with E-state index in [1.807, 2.05) is 4.57 Å². The Morgan fingerprint density at radius 3 is 2.86 bits per heavy atom. The third kappa shape index (κ3) is 3.42. The number of fused-ring (bicyclic) bond motifs is 2. The number of amides is 1. The summed E-state index contributed by atoms with van der Waals surface area (Å²) in [5, 5.41) is 2.91. The van der Waals surface area contributed by atoms with Crippen molar-refractivity contribution < 1.29 is 23.4 Å². The molecule has 0 spiro atoms. The summed E-state index contributed by atoms with van der Waals surface area (Å²) in [4.78, 5) is 16.9. The smallest absolute Gasteiger partial charge is 0.251 e. The average Bonchev–Trinajstić information content (AvgIpc) is 3.38. The molecule has 1 aromatic heterocycles. The van der Waals surface area contributed by atoms with Gasteiger partial charge in [-0.3, -0.25) is 4.79 Å². The number of aromatic nitrogens is 2. The number of carbonyl (C=O) groups excluding carboxylic acids is 1. The van der Waals surface area contributed by atoms with Crippen molar-refractivity contribution >= 4 is 5.91 Å². The lowest BCUT2D eigenvalue weighted by Crippen LogP contribution is -2.39. The van der Waals surface area contributed by atoms with Gasteiger partial charge in [0.1, 0.15) is 18.2 Å². The molecule has 0 saturated heterocycles. The van der Waals surface area contributed by atoms with E-state index in [4.69, 9.17) is 14.2 Å². The van der Waals surface area contributed by atoms with Crippen molar-refractivity contribution in [3.8, 4) is 22.8 Å². The number of benzene rings is 2. The summed E-state index contributed by atoms with van der Waals surface area (Å²) < 4.78 is 31.7. The topological polar surface area (TPSA) is 74.6 Å². The first-order valence-electron chi connectivity index (χ1n) is 9.27. The Labute approximate surface area is 166 Å². The molecule has 2 aromatic carbocycles. The van der Waals surface area contributed by atoms with Gasteiger partial charge in [-0.1, -0.05) is 0 Å². The van der Waals surface area contributed by atoms with Crippen LogP contribution in [0.25, 0.3) is 11.3 Å². The molecule has 1 N–H and O–H groups in total. The predicted octanol–water partition coefficient (Wildman–Crippen LogP) is 2.75. The molecule has 0 radical (unpaired) electrons. The molecule has 2 aliphatic rings. The van der Waals surface area contributed by atoms with E-state index >= 15 is 0 Å². The van der Waals surface area contributed by atoms with Crippen LogP contribution in [0.15, 0.2) is 48.7 Å². The summed E-state index contributed by atoms with van der Waals surface area (Å²) in [5.74, 6) is 1.53. The molecule has 8 heteroatoms. The van der Waals surface area contributed by atoms with E-state index in [1.54, 1.807) is 36.5 Å². The molecule has 0 fully saturated rings. The van der Waals surface area contributed by atoms with E-state index in [0.717, 1.165) is 17.1 Å². The second-order valence-electron chi connectivity index (χ2n) is 6.89. The average molecular weight is 395 g/mol. The second-order valence-corrected chi connectivity index (χ2v) is 6.89. The number of halogens is 1. The third-order valence-corrected chi connectivity index (χ3v) is 5.04. The van der Waals surface area contributed by atoms with Crippen LogP contribution in [0.1, 0.15) is 16.2 Å². The predicted molar refractivity (Wildman–Crippen MR) is 101 cm³/mol. The number of nitrogens with zero attached hydrogens (tertiary/aromatic N) is 2. The molecule has 2 aliphatic heterocycles. The van der Waals surface area contributed by atoms with Crippen LogP contribution in [0, 0.1) is 5.82 Å². The lowest BCUT2D eigenvalue weighted by molar-refractivity contribution is 0.00374. The fraction of sp³-hybridized carbons (Fsp3) is 0.238. The summed E-state index contributed by atoms with van der Waals surface area (Å²) in [6.07, 6.45) is 1.56. The lowest BCUT2D eigenvalue weighted by atomic mass is 10.1. The molecule has 3 heterocycles. The van der Waals surface area contributed by atoms with Crippen LogP contribution in [-0.2, 0) is 17.9 Å². The highest BCUT2D eigenvalue weighted by Crippen LogP contribution is 2.32. The number of hydrogen-bond donors (Lipinski definition) is 1. The van der Waals surface area contributed by atoms with Gasteiger partial charge >= 0.3 is 0 Å². The molecule has 0 aliphatic carbocycles. The summed E-state index contributed by atoms with van der Waals surface area (Å²) in [6.45, 7) is 1.42. The quantitative estimate of drug-likeness (QED) is 0.735. The van der Waals surface area contributed by atoms with Crippen molar-refractivity contribution in [3.63, 3.8) is 0 Å². The van der Waals surface area contributed by atoms with Crippen LogP contribution in [0.2, 0.25) is 0 Å². The molecule has 1 amide bonds. The van der Waals surface area contributed by atoms with Gasteiger partial charge in [-0.15, -0.1) is 0 Å². The van der Waals surface area contributed by atoms with E-state index in [9.17, 15) is 9.18 Å². The third-order valence-electron chi connectivity index (χ3n) is 5.04. The maximum absolute atomic E-state index is 13.2. The molecular weight excluding hydrogens is 377 g/mol. The monoisotopic (exact) mass is 395 g/mol. The van der Waals surface area contributed by atoms with Gasteiger partial charge in [0.05, 0.1) is 24.5 Å². The van der Waals surface area contributed by atoms with Crippen molar-refractivity contribution in [3.05, 3.63) is 65.9 Å². The minimum absolute atomic E-state index is 0.167. The van der Waals surface area contributed by atoms with Crippen LogP contribution in [-0.4, -0.2) is 34.9 Å². The van der Waals surface area contributed by atoms with E-state index in [-0.39, 0.29) is 24.6 Å². The van der Waals surface area contributed by atoms with Crippen molar-refractivity contribution in [1.82, 2.24) is 14.9 Å². The molecule has 5 rings (SSSR count). The van der Waals surface area contributed by atoms with Crippen LogP contribution in [0.5, 0.6) is 11.5 Å². The highest BCUT2D eigenvalue weighted by atomic mass is 19.1. The van der Waals surface area contributed by atoms with Gasteiger partial charge in [0.2, 0.25) is 6.79 Å². The lowest BCUT2D eigenvalue weighted by Gasteiger charge is -2.26. The Bertz CT molecular complexity index is 1060. The number of imidazole rings is 1. The van der Waals surface area contributed by atoms with E-state index < -0.39 is 0 Å². The molecule has 29 heavy (non-hydrogen) atoms. The second kappa shape index (κ2) is 7.21. The molecular formula is C21H18FN3O4. The van der Waals surface area contributed by atoms with E-state index in [1.165, 1.54) is 12.1 Å². The van der Waals surface area contributed by atoms with Gasteiger partial charge in [-0.05, 0) is 48.0 Å². The largest absolute Gasteiger partial charge is 0.454 e. The summed E-state index contributed by atoms with van der Waals surface area (Å²) in [7, 11) is 0. The maximum atomic E-state index is 13.2. The first kappa shape index (κ1) is 17.7. The Hall–Kier alpha value is -3.39. The van der Waals surface area contributed by atoms with Crippen LogP contribution in [0.3, 0.4) is 0 Å². The first-order valence-corrected chi connectivity index (χ1v) is 9.27. The minimum Gasteiger partial charge on any atom is -0.454 e. The fourth-order valence-corrected chi connectivity index (χ4v) is 3.50. The fourth-order valence-electron chi connectivity index (χ4n) is 3.50. The van der Waals surface area contributed by atoms with Crippen molar-refractivity contribution in [2.75, 3.05) is 13.3 Å². The SMILES string of the molecule is O=C(NCC1Cn2c(-c3ccc(F)cc3)cnc2CO1)c1ccc2c(c1)OCO2. The Morgan fingerprint density at radius 1 is 1.17 bits per heavy atom. The molecule has 3 aromatic rings. The summed E-state index contributed by atoms with van der Waals surface area (Å²) in [6, 6.07) is 11.4. The Kier molecular flexibility index (Phi) is 4.40. The highest BCUT2D eigenvalue weighted by molar-refractivity contribution is 5.94. The van der Waals surface area contributed by atoms with Crippen LogP contribution in [0.4, 0.5) is 4.39 Å². The maximum Gasteiger partial charge on any atom is 0.251 e. The molecule has 148 valence electrons. The molecule has 7 nitrogen and oxygen atoms in total. The molecule has 0 bridgehead atoms. The summed E-state index contributed by atoms with van der Waals surface area (Å²) in [5.41, 5.74) is 2.28. The number of nitrogens with one attached hydrogen (secondary N) is 1. The number of hydrogen-bond acceptors (Lipinski definition) is 5. The zero-order chi connectivity index (χ0) is 19.8. The standard InChI is InChI=1S/C21H18FN3O4/c22-15-4-1-13(2-5-15)17-9-23-20-11-27-16(10-25(17)20)8-24-21(26)14-3-6-18-19(7-14)29-12-28-18/h1-7,9,16H,8,10-12H2,(H,24,26). The zero-order valence-electron chi connectivity index (χ0n) is 15.4. The van der Waals surface area contributed by atoms with E-state index in [0.29, 0.717) is 36.8 Å².